The molecule has 0 bridgehead atoms. The van der Waals surface area contributed by atoms with Gasteiger partial charge in [-0.1, -0.05) is 12.1 Å². The molecule has 0 aliphatic rings. The first-order valence-corrected chi connectivity index (χ1v) is 15.7. The lowest BCUT2D eigenvalue weighted by molar-refractivity contribution is -0.689. The highest BCUT2D eigenvalue weighted by atomic mass is 19.2. The molecule has 0 radical (unpaired) electrons. The van der Waals surface area contributed by atoms with Crippen molar-refractivity contribution in [3.63, 3.8) is 0 Å². The minimum atomic E-state index is -7.22. The largest absolute Gasteiger partial charge is 0.278 e. The van der Waals surface area contributed by atoms with Gasteiger partial charge in [-0.25, -0.2) is 87.8 Å². The van der Waals surface area contributed by atoms with Crippen LogP contribution in [0.2, 0.25) is 0 Å². The van der Waals surface area contributed by atoms with E-state index in [1.165, 1.54) is 6.07 Å². The second-order valence-corrected chi connectivity index (χ2v) is 12.1. The van der Waals surface area contributed by atoms with Crippen LogP contribution in [0.15, 0.2) is 49.1 Å². The summed E-state index contributed by atoms with van der Waals surface area (Å²) in [6.07, 6.45) is -0.373. The van der Waals surface area contributed by atoms with E-state index >= 15 is 35.1 Å². The molecule has 0 atom stereocenters. The van der Waals surface area contributed by atoms with Gasteiger partial charge in [0.05, 0.1) is 22.9 Å². The van der Waals surface area contributed by atoms with E-state index in [9.17, 15) is 62.8 Å². The Hall–Kier alpha value is -6.76. The Morgan fingerprint density at radius 1 is 0.426 bits per heavy atom. The molecule has 0 amide bonds. The number of para-hydroxylation sites is 1. The van der Waals surface area contributed by atoms with Gasteiger partial charge in [0.25, 0.3) is 5.69 Å². The highest BCUT2D eigenvalue weighted by Crippen LogP contribution is 2.31. The molecule has 0 unspecified atom stereocenters. The maximum atomic E-state index is 15.4. The van der Waals surface area contributed by atoms with Gasteiger partial charge in [0.2, 0.25) is 0 Å². The molecule has 1 aromatic heterocycles. The van der Waals surface area contributed by atoms with Crippen molar-refractivity contribution in [2.24, 2.45) is 0 Å². The topological polar surface area (TPSA) is 59.9 Å². The number of benzene rings is 5. The summed E-state index contributed by atoms with van der Waals surface area (Å²) < 4.78 is 296. The standard InChI is InChI=1S/C24BF20.C11H10N3O2/c26-5-1(6(27)14(35)21(42)13(5)34)25(2-7(28)15(36)22(43)16(37)8(2)29,3-9(30)17(38)23(44)18(39)10(3)31)4-11(32)19(40)24(45)20(41)12(4)33;15-14(16)11-4-2-1-3-10(11)9-13-7-5-12-6-8-13/h;1-8H,9H2/q-1;+1. The molecule has 61 heavy (non-hydrogen) atoms. The van der Waals surface area contributed by atoms with Crippen LogP contribution in [0.1, 0.15) is 5.56 Å². The third kappa shape index (κ3) is 7.11. The van der Waals surface area contributed by atoms with Gasteiger partial charge in [0.1, 0.15) is 52.7 Å². The molecule has 0 saturated carbocycles. The van der Waals surface area contributed by atoms with E-state index in [0.29, 0.717) is 12.1 Å². The maximum Gasteiger partial charge on any atom is 0.278 e. The Bertz CT molecular complexity index is 2390. The molecule has 0 N–H and O–H groups in total. The van der Waals surface area contributed by atoms with E-state index in [-0.39, 0.29) is 10.6 Å². The van der Waals surface area contributed by atoms with Crippen LogP contribution in [0.5, 0.6) is 0 Å². The van der Waals surface area contributed by atoms with Crippen molar-refractivity contribution in [3.8, 4) is 0 Å². The first kappa shape index (κ1) is 45.3. The van der Waals surface area contributed by atoms with Crippen LogP contribution in [-0.4, -0.2) is 16.1 Å². The summed E-state index contributed by atoms with van der Waals surface area (Å²) in [6.45, 7) is 0.472. The zero-order valence-corrected chi connectivity index (χ0v) is 28.6. The number of aromatic nitrogens is 2. The number of nitro benzene ring substituents is 1. The molecule has 320 valence electrons. The quantitative estimate of drug-likeness (QED) is 0.0325. The third-order valence-corrected chi connectivity index (χ3v) is 8.94. The molecule has 6 aromatic rings. The first-order chi connectivity index (χ1) is 28.5. The lowest BCUT2D eigenvalue weighted by atomic mass is 9.12. The van der Waals surface area contributed by atoms with Crippen molar-refractivity contribution >= 4 is 33.7 Å². The van der Waals surface area contributed by atoms with Crippen molar-refractivity contribution in [1.29, 1.82) is 0 Å². The minimum absolute atomic E-state index is 0.145. The van der Waals surface area contributed by atoms with Gasteiger partial charge in [-0.3, -0.25) is 15.1 Å². The van der Waals surface area contributed by atoms with Crippen molar-refractivity contribution < 1.29 is 97.3 Å². The summed E-state index contributed by atoms with van der Waals surface area (Å²) in [5.74, 6) is -71.4. The van der Waals surface area contributed by atoms with Crippen LogP contribution < -0.4 is 26.4 Å². The van der Waals surface area contributed by atoms with Gasteiger partial charge in [-0.05, 0) is 6.07 Å². The smallest absolute Gasteiger partial charge is 0.258 e. The van der Waals surface area contributed by atoms with Crippen LogP contribution >= 0.6 is 0 Å². The first-order valence-electron chi connectivity index (χ1n) is 15.7. The fourth-order valence-electron chi connectivity index (χ4n) is 6.35. The van der Waals surface area contributed by atoms with Crippen LogP contribution in [0, 0.1) is 126 Å². The van der Waals surface area contributed by atoms with Crippen molar-refractivity contribution in [1.82, 2.24) is 4.98 Å². The van der Waals surface area contributed by atoms with E-state index in [0.717, 1.165) is 0 Å². The SMILES string of the molecule is Fc1c(F)c(F)c([B-](c2c(F)c(F)c(F)c(F)c2F)(c2c(F)c(F)c(F)c(F)c2F)c2c(F)c(F)c(F)c(F)c2F)c(F)c1F.O=[N+]([O-])c1ccccc1C[n+]1ccncc1. The summed E-state index contributed by atoms with van der Waals surface area (Å²) in [5.41, 5.74) is -13.5. The maximum absolute atomic E-state index is 15.4. The molecule has 0 saturated heterocycles. The van der Waals surface area contributed by atoms with Crippen LogP contribution in [-0.2, 0) is 6.54 Å². The van der Waals surface area contributed by atoms with E-state index in [2.05, 4.69) is 4.98 Å². The lowest BCUT2D eigenvalue weighted by Crippen LogP contribution is -2.81. The number of rotatable bonds is 7. The van der Waals surface area contributed by atoms with E-state index in [4.69, 9.17) is 0 Å². The summed E-state index contributed by atoms with van der Waals surface area (Å²) in [6, 6.07) is 6.73. The van der Waals surface area contributed by atoms with Gasteiger partial charge in [0.15, 0.2) is 88.7 Å². The van der Waals surface area contributed by atoms with E-state index in [1.807, 2.05) is 4.57 Å². The Kier molecular flexibility index (Phi) is 12.4. The predicted octanol–water partition coefficient (Wildman–Crippen LogP) is 7.17. The average Bonchev–Trinajstić information content (AvgIpc) is 3.24. The van der Waals surface area contributed by atoms with Gasteiger partial charge < -0.3 is 0 Å². The highest BCUT2D eigenvalue weighted by molar-refractivity contribution is 7.20. The Balaban J connectivity index is 0.000000366. The van der Waals surface area contributed by atoms with Crippen molar-refractivity contribution in [3.05, 3.63) is 181 Å². The molecule has 1 heterocycles. The number of halogens is 20. The normalized spacial score (nSPS) is 11.5. The lowest BCUT2D eigenvalue weighted by Gasteiger charge is -2.44. The molecule has 5 nitrogen and oxygen atoms in total. The molecular formula is C35H10BF20N3O2. The van der Waals surface area contributed by atoms with E-state index < -0.39 is 144 Å². The average molecular weight is 895 g/mol. The van der Waals surface area contributed by atoms with Crippen molar-refractivity contribution in [2.75, 3.05) is 0 Å². The zero-order chi connectivity index (χ0) is 45.7. The van der Waals surface area contributed by atoms with E-state index in [1.54, 1.807) is 43.0 Å². The summed E-state index contributed by atoms with van der Waals surface area (Å²) >= 11 is 0. The van der Waals surface area contributed by atoms with Gasteiger partial charge in [0, 0.05) is 6.07 Å². The summed E-state index contributed by atoms with van der Waals surface area (Å²) in [7, 11) is 0. The van der Waals surface area contributed by atoms with Crippen molar-refractivity contribution in [2.45, 2.75) is 6.54 Å². The van der Waals surface area contributed by atoms with Crippen LogP contribution in [0.25, 0.3) is 0 Å². The second kappa shape index (κ2) is 16.7. The molecule has 0 fully saturated rings. The number of nitro groups is 1. The Morgan fingerprint density at radius 3 is 0.934 bits per heavy atom. The molecule has 0 aliphatic carbocycles. The number of hydrogen-bond donors (Lipinski definition) is 0. The number of nitrogens with zero attached hydrogens (tertiary/aromatic N) is 3. The van der Waals surface area contributed by atoms with Crippen LogP contribution in [0.3, 0.4) is 0 Å². The van der Waals surface area contributed by atoms with Crippen LogP contribution in [0.4, 0.5) is 93.5 Å². The van der Waals surface area contributed by atoms with Gasteiger partial charge >= 0.3 is 0 Å². The summed E-state index contributed by atoms with van der Waals surface area (Å²) in [5, 5.41) is 10.8. The molecule has 0 aliphatic heterocycles. The molecule has 6 rings (SSSR count). The predicted molar refractivity (Wildman–Crippen MR) is 166 cm³/mol. The molecule has 5 aromatic carbocycles. The zero-order valence-electron chi connectivity index (χ0n) is 28.6. The minimum Gasteiger partial charge on any atom is -0.258 e. The fraction of sp³-hybridized carbons (Fsp3) is 0.0286. The van der Waals surface area contributed by atoms with Gasteiger partial charge in [-0.15, -0.1) is 21.9 Å². The van der Waals surface area contributed by atoms with Gasteiger partial charge in [-0.2, -0.15) is 4.57 Å². The monoisotopic (exact) mass is 895 g/mol. The fourth-order valence-corrected chi connectivity index (χ4v) is 6.35. The second-order valence-electron chi connectivity index (χ2n) is 12.1. The molecule has 0 spiro atoms. The molecular weight excluding hydrogens is 885 g/mol. The number of hydrogen-bond acceptors (Lipinski definition) is 3. The third-order valence-electron chi connectivity index (χ3n) is 8.94. The Morgan fingerprint density at radius 2 is 0.672 bits per heavy atom. The molecule has 26 heteroatoms. The Labute approximate surface area is 323 Å². The highest BCUT2D eigenvalue weighted by Gasteiger charge is 2.52. The summed E-state index contributed by atoms with van der Waals surface area (Å²) in [4.78, 5) is 14.3.